The van der Waals surface area contributed by atoms with Gasteiger partial charge < -0.3 is 14.6 Å². The quantitative estimate of drug-likeness (QED) is 0.0490. The zero-order chi connectivity index (χ0) is 38.9. The van der Waals surface area contributed by atoms with Crippen LogP contribution in [0.5, 0.6) is 0 Å². The van der Waals surface area contributed by atoms with Gasteiger partial charge >= 0.3 is 11.9 Å². The Morgan fingerprint density at radius 2 is 0.887 bits per heavy atom. The number of unbranched alkanes of at least 4 members (excludes halogenated alkanes) is 24. The van der Waals surface area contributed by atoms with Crippen LogP contribution in [0.15, 0.2) is 0 Å². The molecule has 0 aromatic carbocycles. The van der Waals surface area contributed by atoms with Crippen LogP contribution >= 0.6 is 0 Å². The number of Topliss-reactive ketones (excluding diaryl/α,β-unsaturated/α-hetero) is 1. The van der Waals surface area contributed by atoms with Crippen molar-refractivity contribution in [1.82, 2.24) is 4.90 Å². The molecule has 0 aromatic heterocycles. The summed E-state index contributed by atoms with van der Waals surface area (Å²) in [5.41, 5.74) is 0. The first-order chi connectivity index (χ1) is 26.0. The minimum Gasteiger partial charge on any atom is -0.464 e. The van der Waals surface area contributed by atoms with E-state index in [-0.39, 0.29) is 49.9 Å². The molecule has 0 radical (unpaired) electrons. The molecule has 0 bridgehead atoms. The van der Waals surface area contributed by atoms with Crippen molar-refractivity contribution in [3.05, 3.63) is 0 Å². The monoisotopic (exact) mass is 752 g/mol. The molecule has 0 saturated carbocycles. The van der Waals surface area contributed by atoms with Crippen LogP contribution in [0.3, 0.4) is 0 Å². The van der Waals surface area contributed by atoms with E-state index in [2.05, 4.69) is 25.7 Å². The molecular weight excluding hydrogens is 663 g/mol. The average molecular weight is 752 g/mol. The molecule has 0 amide bonds. The SMILES string of the molecule is CCCCCCCCCCCCCC(=O)CCC(=O)OCCN(CCO)CCCCCCCC(=O)OC(CCCCCCCC)CCCCCCCC. The maximum absolute atomic E-state index is 12.7. The van der Waals surface area contributed by atoms with Gasteiger partial charge in [-0.2, -0.15) is 0 Å². The third-order valence-electron chi connectivity index (χ3n) is 10.7. The number of hydrogen-bond donors (Lipinski definition) is 1. The smallest absolute Gasteiger partial charge is 0.306 e. The molecule has 1 N–H and O–H groups in total. The summed E-state index contributed by atoms with van der Waals surface area (Å²) in [5.74, 6) is -0.173. The third kappa shape index (κ3) is 38.6. The maximum Gasteiger partial charge on any atom is 0.306 e. The van der Waals surface area contributed by atoms with Gasteiger partial charge in [-0.15, -0.1) is 0 Å². The predicted octanol–water partition coefficient (Wildman–Crippen LogP) is 12.6. The van der Waals surface area contributed by atoms with Crippen molar-refractivity contribution in [2.45, 2.75) is 245 Å². The summed E-state index contributed by atoms with van der Waals surface area (Å²) in [6.45, 7) is 9.09. The second kappa shape index (κ2) is 41.7. The van der Waals surface area contributed by atoms with Crippen LogP contribution in [0.2, 0.25) is 0 Å². The minimum absolute atomic E-state index is 0.0238. The largest absolute Gasteiger partial charge is 0.464 e. The van der Waals surface area contributed by atoms with Crippen molar-refractivity contribution in [2.75, 3.05) is 32.8 Å². The van der Waals surface area contributed by atoms with Crippen LogP contribution in [0, 0.1) is 0 Å². The summed E-state index contributed by atoms with van der Waals surface area (Å²) in [6, 6.07) is 0. The Kier molecular flexibility index (Phi) is 40.5. The van der Waals surface area contributed by atoms with E-state index in [1.165, 1.54) is 122 Å². The molecule has 0 saturated heterocycles. The lowest BCUT2D eigenvalue weighted by Crippen LogP contribution is -2.32. The second-order valence-electron chi connectivity index (χ2n) is 15.9. The molecular formula is C46H89NO6. The number of esters is 2. The molecule has 0 atom stereocenters. The molecule has 0 aliphatic heterocycles. The van der Waals surface area contributed by atoms with Gasteiger partial charge in [-0.3, -0.25) is 19.3 Å². The van der Waals surface area contributed by atoms with Crippen LogP contribution in [0.1, 0.15) is 239 Å². The summed E-state index contributed by atoms with van der Waals surface area (Å²) < 4.78 is 11.4. The van der Waals surface area contributed by atoms with Crippen LogP contribution in [0.25, 0.3) is 0 Å². The van der Waals surface area contributed by atoms with Gasteiger partial charge in [0.1, 0.15) is 18.5 Å². The summed E-state index contributed by atoms with van der Waals surface area (Å²) in [4.78, 5) is 39.3. The summed E-state index contributed by atoms with van der Waals surface area (Å²) >= 11 is 0. The van der Waals surface area contributed by atoms with Crippen LogP contribution in [-0.2, 0) is 23.9 Å². The number of rotatable bonds is 43. The first-order valence-electron chi connectivity index (χ1n) is 23.2. The molecule has 0 unspecified atom stereocenters. The topological polar surface area (TPSA) is 93.1 Å². The number of hydrogen-bond acceptors (Lipinski definition) is 7. The molecule has 0 aliphatic rings. The first kappa shape index (κ1) is 51.5. The van der Waals surface area contributed by atoms with Gasteiger partial charge in [0.05, 0.1) is 13.0 Å². The molecule has 0 aromatic rings. The van der Waals surface area contributed by atoms with E-state index in [1.54, 1.807) is 0 Å². The normalized spacial score (nSPS) is 11.5. The van der Waals surface area contributed by atoms with Gasteiger partial charge in [0.15, 0.2) is 0 Å². The minimum atomic E-state index is -0.309. The number of carbonyl (C=O) groups is 3. The van der Waals surface area contributed by atoms with Gasteiger partial charge in [0.25, 0.3) is 0 Å². The second-order valence-corrected chi connectivity index (χ2v) is 15.9. The zero-order valence-corrected chi connectivity index (χ0v) is 35.6. The van der Waals surface area contributed by atoms with E-state index in [4.69, 9.17) is 9.47 Å². The Morgan fingerprint density at radius 1 is 0.453 bits per heavy atom. The number of nitrogens with zero attached hydrogens (tertiary/aromatic N) is 1. The fourth-order valence-corrected chi connectivity index (χ4v) is 7.14. The van der Waals surface area contributed by atoms with E-state index in [0.717, 1.165) is 77.2 Å². The summed E-state index contributed by atoms with van der Waals surface area (Å²) in [7, 11) is 0. The fraction of sp³-hybridized carbons (Fsp3) is 0.935. The molecule has 0 fully saturated rings. The van der Waals surface area contributed by atoms with Crippen LogP contribution in [-0.4, -0.2) is 66.7 Å². The maximum atomic E-state index is 12.7. The van der Waals surface area contributed by atoms with Gasteiger partial charge in [0.2, 0.25) is 0 Å². The number of ketones is 1. The fourth-order valence-electron chi connectivity index (χ4n) is 7.14. The highest BCUT2D eigenvalue weighted by Gasteiger charge is 2.15. The lowest BCUT2D eigenvalue weighted by molar-refractivity contribution is -0.150. The number of aliphatic hydroxyl groups is 1. The molecule has 0 heterocycles. The van der Waals surface area contributed by atoms with E-state index >= 15 is 0 Å². The predicted molar refractivity (Wildman–Crippen MR) is 223 cm³/mol. The Hall–Kier alpha value is -1.47. The van der Waals surface area contributed by atoms with Crippen molar-refractivity contribution in [1.29, 1.82) is 0 Å². The van der Waals surface area contributed by atoms with Crippen LogP contribution in [0.4, 0.5) is 0 Å². The van der Waals surface area contributed by atoms with E-state index in [9.17, 15) is 19.5 Å². The Bertz CT molecular complexity index is 789. The molecule has 314 valence electrons. The van der Waals surface area contributed by atoms with Gasteiger partial charge in [-0.25, -0.2) is 0 Å². The zero-order valence-electron chi connectivity index (χ0n) is 35.6. The van der Waals surface area contributed by atoms with Crippen molar-refractivity contribution >= 4 is 17.7 Å². The van der Waals surface area contributed by atoms with Crippen molar-refractivity contribution in [3.63, 3.8) is 0 Å². The molecule has 0 aliphatic carbocycles. The highest BCUT2D eigenvalue weighted by molar-refractivity contribution is 5.82. The molecule has 0 rings (SSSR count). The molecule has 0 spiro atoms. The number of carbonyl (C=O) groups excluding carboxylic acids is 3. The lowest BCUT2D eigenvalue weighted by atomic mass is 10.0. The Morgan fingerprint density at radius 3 is 1.38 bits per heavy atom. The third-order valence-corrected chi connectivity index (χ3v) is 10.7. The Labute approximate surface area is 328 Å². The summed E-state index contributed by atoms with van der Waals surface area (Å²) in [6.07, 6.45) is 37.7. The standard InChI is InChI=1S/C46H89NO6/c1-4-7-10-13-16-17-18-19-20-22-27-32-43(49)36-37-45(50)52-42-40-47(39-41-48)38-31-26-21-25-30-35-46(51)53-44(33-28-23-14-11-8-5-2)34-29-24-15-12-9-6-3/h44,48H,4-42H2,1-3H3. The van der Waals surface area contributed by atoms with Gasteiger partial charge in [-0.05, 0) is 51.5 Å². The van der Waals surface area contributed by atoms with Gasteiger partial charge in [-0.1, -0.05) is 168 Å². The van der Waals surface area contributed by atoms with E-state index < -0.39 is 0 Å². The Balaban J connectivity index is 4.02. The molecule has 7 heteroatoms. The van der Waals surface area contributed by atoms with Crippen molar-refractivity contribution in [3.8, 4) is 0 Å². The van der Waals surface area contributed by atoms with Gasteiger partial charge in [0, 0.05) is 32.4 Å². The van der Waals surface area contributed by atoms with E-state index in [1.807, 2.05) is 0 Å². The van der Waals surface area contributed by atoms with E-state index in [0.29, 0.717) is 25.9 Å². The highest BCUT2D eigenvalue weighted by Crippen LogP contribution is 2.19. The van der Waals surface area contributed by atoms with Crippen molar-refractivity contribution < 1.29 is 29.0 Å². The van der Waals surface area contributed by atoms with Crippen molar-refractivity contribution in [2.24, 2.45) is 0 Å². The average Bonchev–Trinajstić information content (AvgIpc) is 3.15. The molecule has 7 nitrogen and oxygen atoms in total. The highest BCUT2D eigenvalue weighted by atomic mass is 16.5. The lowest BCUT2D eigenvalue weighted by Gasteiger charge is -2.21. The molecule has 53 heavy (non-hydrogen) atoms. The number of aliphatic hydroxyl groups excluding tert-OH is 1. The number of ether oxygens (including phenoxy) is 2. The first-order valence-corrected chi connectivity index (χ1v) is 23.2. The van der Waals surface area contributed by atoms with Crippen LogP contribution < -0.4 is 0 Å². The summed E-state index contributed by atoms with van der Waals surface area (Å²) in [5, 5.41) is 9.51.